The van der Waals surface area contributed by atoms with E-state index in [-0.39, 0.29) is 5.91 Å². The molecular formula is C15H22N2O3. The Labute approximate surface area is 119 Å². The molecule has 0 spiro atoms. The molecule has 2 rings (SSSR count). The van der Waals surface area contributed by atoms with Gasteiger partial charge in [0, 0.05) is 19.4 Å². The summed E-state index contributed by atoms with van der Waals surface area (Å²) in [6.07, 6.45) is 8.15. The SMILES string of the molecule is C/C=C/CCCCC1=C(C)C(=O)N2CC/C(=N\O)[C@@H]2O1. The van der Waals surface area contributed by atoms with E-state index in [2.05, 4.69) is 11.2 Å². The molecule has 0 bridgehead atoms. The van der Waals surface area contributed by atoms with Gasteiger partial charge in [0.05, 0.1) is 5.57 Å². The topological polar surface area (TPSA) is 62.1 Å². The summed E-state index contributed by atoms with van der Waals surface area (Å²) >= 11 is 0. The Hall–Kier alpha value is -1.78. The minimum Gasteiger partial charge on any atom is -0.469 e. The number of ether oxygens (including phenoxy) is 1. The summed E-state index contributed by atoms with van der Waals surface area (Å²) in [5.41, 5.74) is 1.23. The normalized spacial score (nSPS) is 24.7. The van der Waals surface area contributed by atoms with Crippen molar-refractivity contribution in [3.05, 3.63) is 23.5 Å². The smallest absolute Gasteiger partial charge is 0.256 e. The lowest BCUT2D eigenvalue weighted by molar-refractivity contribution is -0.136. The largest absolute Gasteiger partial charge is 0.469 e. The van der Waals surface area contributed by atoms with Crippen LogP contribution in [-0.4, -0.2) is 34.5 Å². The molecule has 0 aliphatic carbocycles. The summed E-state index contributed by atoms with van der Waals surface area (Å²) < 4.78 is 5.88. The Bertz CT molecular complexity index is 466. The molecule has 0 aromatic rings. The molecule has 2 aliphatic rings. The van der Waals surface area contributed by atoms with Crippen molar-refractivity contribution < 1.29 is 14.7 Å². The van der Waals surface area contributed by atoms with Crippen molar-refractivity contribution in [1.29, 1.82) is 0 Å². The Balaban J connectivity index is 1.99. The minimum absolute atomic E-state index is 0.00311. The van der Waals surface area contributed by atoms with Crippen LogP contribution >= 0.6 is 0 Å². The summed E-state index contributed by atoms with van der Waals surface area (Å²) in [4.78, 5) is 13.9. The van der Waals surface area contributed by atoms with Gasteiger partial charge in [-0.2, -0.15) is 0 Å². The van der Waals surface area contributed by atoms with E-state index >= 15 is 0 Å². The van der Waals surface area contributed by atoms with Crippen LogP contribution in [0.4, 0.5) is 0 Å². The molecule has 110 valence electrons. The van der Waals surface area contributed by atoms with E-state index in [1.54, 1.807) is 4.90 Å². The second-order valence-electron chi connectivity index (χ2n) is 5.17. The summed E-state index contributed by atoms with van der Waals surface area (Å²) in [7, 11) is 0. The number of allylic oxidation sites excluding steroid dienone is 3. The molecule has 5 nitrogen and oxygen atoms in total. The lowest BCUT2D eigenvalue weighted by Crippen LogP contribution is -2.44. The zero-order valence-electron chi connectivity index (χ0n) is 12.1. The van der Waals surface area contributed by atoms with E-state index in [1.807, 2.05) is 19.9 Å². The quantitative estimate of drug-likeness (QED) is 0.364. The number of hydrogen-bond donors (Lipinski definition) is 1. The second-order valence-corrected chi connectivity index (χ2v) is 5.17. The minimum atomic E-state index is -0.498. The highest BCUT2D eigenvalue weighted by Crippen LogP contribution is 2.30. The number of rotatable bonds is 5. The summed E-state index contributed by atoms with van der Waals surface area (Å²) in [6, 6.07) is 0. The number of oxime groups is 1. The summed E-state index contributed by atoms with van der Waals surface area (Å²) in [5.74, 6) is 0.753. The Kier molecular flexibility index (Phi) is 4.82. The lowest BCUT2D eigenvalue weighted by Gasteiger charge is -2.32. The van der Waals surface area contributed by atoms with Gasteiger partial charge in [0.25, 0.3) is 5.91 Å². The number of amides is 1. The van der Waals surface area contributed by atoms with Crippen molar-refractivity contribution in [1.82, 2.24) is 4.90 Å². The van der Waals surface area contributed by atoms with Gasteiger partial charge in [0.1, 0.15) is 11.5 Å². The van der Waals surface area contributed by atoms with Gasteiger partial charge in [-0.25, -0.2) is 0 Å². The van der Waals surface area contributed by atoms with Crippen LogP contribution in [0.25, 0.3) is 0 Å². The summed E-state index contributed by atoms with van der Waals surface area (Å²) in [5, 5.41) is 12.2. The van der Waals surface area contributed by atoms with E-state index in [4.69, 9.17) is 9.94 Å². The molecule has 1 amide bonds. The number of unbranched alkanes of at least 4 members (excludes halogenated alkanes) is 2. The third kappa shape index (κ3) is 2.86. The predicted octanol–water partition coefficient (Wildman–Crippen LogP) is 2.82. The van der Waals surface area contributed by atoms with Crippen LogP contribution in [0.3, 0.4) is 0 Å². The monoisotopic (exact) mass is 278 g/mol. The Morgan fingerprint density at radius 3 is 3.00 bits per heavy atom. The standard InChI is InChI=1S/C15H22N2O3/c1-3-4-5-6-7-8-13-11(2)14(18)17-10-9-12(16-19)15(17)20-13/h3-4,15,19H,5-10H2,1-2H3/b4-3+,16-12+/t15-/m0/s1. The molecule has 2 heterocycles. The molecule has 0 saturated carbocycles. The van der Waals surface area contributed by atoms with Gasteiger partial charge in [-0.3, -0.25) is 9.69 Å². The lowest BCUT2D eigenvalue weighted by atomic mass is 10.1. The van der Waals surface area contributed by atoms with Crippen molar-refractivity contribution in [3.63, 3.8) is 0 Å². The molecule has 5 heteroatoms. The molecule has 0 aromatic carbocycles. The van der Waals surface area contributed by atoms with E-state index < -0.39 is 6.23 Å². The van der Waals surface area contributed by atoms with Crippen LogP contribution in [0, 0.1) is 0 Å². The van der Waals surface area contributed by atoms with Gasteiger partial charge in [-0.15, -0.1) is 0 Å². The van der Waals surface area contributed by atoms with E-state index in [0.717, 1.165) is 31.4 Å². The molecule has 20 heavy (non-hydrogen) atoms. The van der Waals surface area contributed by atoms with Gasteiger partial charge >= 0.3 is 0 Å². The van der Waals surface area contributed by atoms with Crippen LogP contribution in [0.1, 0.15) is 46.0 Å². The molecule has 0 radical (unpaired) electrons. The fourth-order valence-electron chi connectivity index (χ4n) is 2.61. The van der Waals surface area contributed by atoms with Crippen molar-refractivity contribution in [2.45, 2.75) is 52.2 Å². The summed E-state index contributed by atoms with van der Waals surface area (Å²) in [6.45, 7) is 4.39. The average molecular weight is 278 g/mol. The zero-order chi connectivity index (χ0) is 14.5. The fourth-order valence-corrected chi connectivity index (χ4v) is 2.61. The first-order valence-electron chi connectivity index (χ1n) is 7.18. The van der Waals surface area contributed by atoms with E-state index in [1.165, 1.54) is 0 Å². The second kappa shape index (κ2) is 6.59. The van der Waals surface area contributed by atoms with Crippen LogP contribution in [0.2, 0.25) is 0 Å². The predicted molar refractivity (Wildman–Crippen MR) is 76.4 cm³/mol. The Morgan fingerprint density at radius 1 is 1.50 bits per heavy atom. The molecule has 0 unspecified atom stereocenters. The highest BCUT2D eigenvalue weighted by molar-refractivity contribution is 6.01. The van der Waals surface area contributed by atoms with Crippen molar-refractivity contribution in [3.8, 4) is 0 Å². The van der Waals surface area contributed by atoms with Gasteiger partial charge in [-0.1, -0.05) is 17.3 Å². The van der Waals surface area contributed by atoms with Crippen LogP contribution in [-0.2, 0) is 9.53 Å². The van der Waals surface area contributed by atoms with Crippen molar-refractivity contribution >= 4 is 11.6 Å². The first-order chi connectivity index (χ1) is 9.69. The maximum atomic E-state index is 12.3. The van der Waals surface area contributed by atoms with Gasteiger partial charge in [-0.05, 0) is 33.1 Å². The molecule has 0 aromatic heterocycles. The zero-order valence-corrected chi connectivity index (χ0v) is 12.1. The number of carbonyl (C=O) groups is 1. The van der Waals surface area contributed by atoms with Crippen molar-refractivity contribution in [2.24, 2.45) is 5.16 Å². The molecule has 1 saturated heterocycles. The van der Waals surface area contributed by atoms with Gasteiger partial charge in [0.15, 0.2) is 0 Å². The highest BCUT2D eigenvalue weighted by atomic mass is 16.5. The number of hydrogen-bond acceptors (Lipinski definition) is 4. The number of carbonyl (C=O) groups excluding carboxylic acids is 1. The molecule has 1 fully saturated rings. The van der Waals surface area contributed by atoms with E-state index in [9.17, 15) is 4.79 Å². The van der Waals surface area contributed by atoms with E-state index in [0.29, 0.717) is 24.3 Å². The number of fused-ring (bicyclic) bond motifs is 1. The third-order valence-corrected chi connectivity index (χ3v) is 3.82. The van der Waals surface area contributed by atoms with Gasteiger partial charge in [0.2, 0.25) is 6.23 Å². The van der Waals surface area contributed by atoms with Crippen LogP contribution in [0.5, 0.6) is 0 Å². The maximum absolute atomic E-state index is 12.3. The molecule has 1 atom stereocenters. The highest BCUT2D eigenvalue weighted by Gasteiger charge is 2.41. The fraction of sp³-hybridized carbons (Fsp3) is 0.600. The van der Waals surface area contributed by atoms with Crippen molar-refractivity contribution in [2.75, 3.05) is 6.54 Å². The Morgan fingerprint density at radius 2 is 2.30 bits per heavy atom. The number of nitrogens with zero attached hydrogens (tertiary/aromatic N) is 2. The van der Waals surface area contributed by atoms with Crippen LogP contribution in [0.15, 0.2) is 28.6 Å². The van der Waals surface area contributed by atoms with Gasteiger partial charge < -0.3 is 9.94 Å². The molecule has 2 aliphatic heterocycles. The first kappa shape index (κ1) is 14.6. The third-order valence-electron chi connectivity index (χ3n) is 3.82. The molecule has 1 N–H and O–H groups in total. The average Bonchev–Trinajstić information content (AvgIpc) is 2.86. The molecular weight excluding hydrogens is 256 g/mol. The maximum Gasteiger partial charge on any atom is 0.256 e. The first-order valence-corrected chi connectivity index (χ1v) is 7.18. The van der Waals surface area contributed by atoms with Crippen LogP contribution < -0.4 is 0 Å².